The second-order valence-electron chi connectivity index (χ2n) is 3.81. The summed E-state index contributed by atoms with van der Waals surface area (Å²) >= 11 is 0. The van der Waals surface area contributed by atoms with Gasteiger partial charge in [-0.15, -0.1) is 12.4 Å². The van der Waals surface area contributed by atoms with E-state index in [-0.39, 0.29) is 12.4 Å². The minimum Gasteiger partial charge on any atom is -0.314 e. The SMILES string of the molecule is CCc1ccc([C@H]2CNCCN2)cc1.Cl. The van der Waals surface area contributed by atoms with E-state index >= 15 is 0 Å². The topological polar surface area (TPSA) is 24.1 Å². The Balaban J connectivity index is 0.00000112. The number of rotatable bonds is 2. The standard InChI is InChI=1S/C12H18N2.ClH/c1-2-10-3-5-11(6-4-10)12-9-13-7-8-14-12;/h3-6,12-14H,2,7-9H2,1H3;1H/t12-;/m1./s1. The highest BCUT2D eigenvalue weighted by atomic mass is 35.5. The quantitative estimate of drug-likeness (QED) is 0.805. The molecule has 3 heteroatoms. The Morgan fingerprint density at radius 2 is 1.93 bits per heavy atom. The molecule has 2 nitrogen and oxygen atoms in total. The van der Waals surface area contributed by atoms with Crippen molar-refractivity contribution in [3.63, 3.8) is 0 Å². The van der Waals surface area contributed by atoms with Crippen LogP contribution >= 0.6 is 12.4 Å². The minimum absolute atomic E-state index is 0. The van der Waals surface area contributed by atoms with E-state index in [2.05, 4.69) is 41.8 Å². The molecule has 1 atom stereocenters. The molecule has 1 heterocycles. The van der Waals surface area contributed by atoms with Crippen molar-refractivity contribution in [2.75, 3.05) is 19.6 Å². The highest BCUT2D eigenvalue weighted by Gasteiger charge is 2.13. The van der Waals surface area contributed by atoms with Crippen LogP contribution in [-0.2, 0) is 6.42 Å². The van der Waals surface area contributed by atoms with E-state index in [1.807, 2.05) is 0 Å². The first kappa shape index (κ1) is 12.5. The summed E-state index contributed by atoms with van der Waals surface area (Å²) < 4.78 is 0. The fourth-order valence-corrected chi connectivity index (χ4v) is 1.87. The van der Waals surface area contributed by atoms with Crippen LogP contribution in [0.1, 0.15) is 24.1 Å². The highest BCUT2D eigenvalue weighted by Crippen LogP contribution is 2.14. The van der Waals surface area contributed by atoms with Gasteiger partial charge in [0.05, 0.1) is 0 Å². The maximum atomic E-state index is 3.51. The van der Waals surface area contributed by atoms with E-state index in [9.17, 15) is 0 Å². The molecule has 0 bridgehead atoms. The fourth-order valence-electron chi connectivity index (χ4n) is 1.87. The van der Waals surface area contributed by atoms with Gasteiger partial charge in [-0.05, 0) is 17.5 Å². The van der Waals surface area contributed by atoms with Gasteiger partial charge in [0.25, 0.3) is 0 Å². The van der Waals surface area contributed by atoms with Gasteiger partial charge in [0, 0.05) is 25.7 Å². The monoisotopic (exact) mass is 226 g/mol. The molecule has 84 valence electrons. The molecular weight excluding hydrogens is 208 g/mol. The maximum absolute atomic E-state index is 3.51. The zero-order valence-corrected chi connectivity index (χ0v) is 9.94. The lowest BCUT2D eigenvalue weighted by molar-refractivity contribution is 0.430. The van der Waals surface area contributed by atoms with Crippen LogP contribution < -0.4 is 10.6 Å². The third kappa shape index (κ3) is 3.20. The van der Waals surface area contributed by atoms with E-state index in [4.69, 9.17) is 0 Å². The third-order valence-corrected chi connectivity index (χ3v) is 2.83. The summed E-state index contributed by atoms with van der Waals surface area (Å²) in [4.78, 5) is 0. The first-order chi connectivity index (χ1) is 6.90. The van der Waals surface area contributed by atoms with Crippen LogP contribution in [0.15, 0.2) is 24.3 Å². The van der Waals surface area contributed by atoms with Gasteiger partial charge in [0.15, 0.2) is 0 Å². The number of hydrogen-bond acceptors (Lipinski definition) is 2. The summed E-state index contributed by atoms with van der Waals surface area (Å²) in [5, 5.41) is 6.91. The van der Waals surface area contributed by atoms with Gasteiger partial charge in [-0.1, -0.05) is 31.2 Å². The molecular formula is C12H19ClN2. The summed E-state index contributed by atoms with van der Waals surface area (Å²) in [5.41, 5.74) is 2.81. The number of halogens is 1. The Morgan fingerprint density at radius 1 is 1.20 bits per heavy atom. The second kappa shape index (κ2) is 6.11. The zero-order chi connectivity index (χ0) is 9.80. The molecule has 0 unspecified atom stereocenters. The Labute approximate surface area is 97.9 Å². The molecule has 1 aliphatic rings. The van der Waals surface area contributed by atoms with E-state index in [1.165, 1.54) is 11.1 Å². The molecule has 0 spiro atoms. The second-order valence-corrected chi connectivity index (χ2v) is 3.81. The molecule has 0 radical (unpaired) electrons. The predicted molar refractivity (Wildman–Crippen MR) is 66.7 cm³/mol. The average Bonchev–Trinajstić information content (AvgIpc) is 2.30. The Morgan fingerprint density at radius 3 is 2.47 bits per heavy atom. The van der Waals surface area contributed by atoms with E-state index < -0.39 is 0 Å². The minimum atomic E-state index is 0. The third-order valence-electron chi connectivity index (χ3n) is 2.83. The summed E-state index contributed by atoms with van der Waals surface area (Å²) in [6, 6.07) is 9.43. The lowest BCUT2D eigenvalue weighted by Crippen LogP contribution is -2.42. The van der Waals surface area contributed by atoms with E-state index in [1.54, 1.807) is 0 Å². The summed E-state index contributed by atoms with van der Waals surface area (Å²) in [7, 11) is 0. The summed E-state index contributed by atoms with van der Waals surface area (Å²) in [6.07, 6.45) is 1.12. The van der Waals surface area contributed by atoms with Crippen LogP contribution in [0.4, 0.5) is 0 Å². The number of nitrogens with one attached hydrogen (secondary N) is 2. The van der Waals surface area contributed by atoms with Gasteiger partial charge in [0.2, 0.25) is 0 Å². The molecule has 2 rings (SSSR count). The van der Waals surface area contributed by atoms with Crippen LogP contribution in [0.5, 0.6) is 0 Å². The molecule has 1 saturated heterocycles. The van der Waals surface area contributed by atoms with Crippen molar-refractivity contribution >= 4 is 12.4 Å². The van der Waals surface area contributed by atoms with Gasteiger partial charge in [-0.2, -0.15) is 0 Å². The Kier molecular flexibility index (Phi) is 5.09. The molecule has 1 fully saturated rings. The predicted octanol–water partition coefficient (Wildman–Crippen LogP) is 1.90. The van der Waals surface area contributed by atoms with Gasteiger partial charge < -0.3 is 10.6 Å². The molecule has 0 amide bonds. The summed E-state index contributed by atoms with van der Waals surface area (Å²) in [6.45, 7) is 5.39. The van der Waals surface area contributed by atoms with E-state index in [0.717, 1.165) is 26.1 Å². The van der Waals surface area contributed by atoms with Crippen molar-refractivity contribution < 1.29 is 0 Å². The Bertz CT molecular complexity index is 278. The first-order valence-electron chi connectivity index (χ1n) is 5.43. The van der Waals surface area contributed by atoms with Crippen molar-refractivity contribution in [1.82, 2.24) is 10.6 Å². The van der Waals surface area contributed by atoms with Gasteiger partial charge in [-0.25, -0.2) is 0 Å². The van der Waals surface area contributed by atoms with E-state index in [0.29, 0.717) is 6.04 Å². The molecule has 2 N–H and O–H groups in total. The smallest absolute Gasteiger partial charge is 0.0447 e. The number of piperazine rings is 1. The van der Waals surface area contributed by atoms with Crippen LogP contribution in [0, 0.1) is 0 Å². The number of hydrogen-bond donors (Lipinski definition) is 2. The van der Waals surface area contributed by atoms with Crippen LogP contribution in [0.3, 0.4) is 0 Å². The summed E-state index contributed by atoms with van der Waals surface area (Å²) in [5.74, 6) is 0. The molecule has 1 aliphatic heterocycles. The van der Waals surface area contributed by atoms with Crippen LogP contribution in [0.2, 0.25) is 0 Å². The Hall–Kier alpha value is -0.570. The maximum Gasteiger partial charge on any atom is 0.0447 e. The van der Waals surface area contributed by atoms with Gasteiger partial charge in [0.1, 0.15) is 0 Å². The normalized spacial score (nSPS) is 20.7. The molecule has 0 aliphatic carbocycles. The molecule has 1 aromatic rings. The highest BCUT2D eigenvalue weighted by molar-refractivity contribution is 5.85. The van der Waals surface area contributed by atoms with Crippen LogP contribution in [0.25, 0.3) is 0 Å². The lowest BCUT2D eigenvalue weighted by Gasteiger charge is -2.24. The largest absolute Gasteiger partial charge is 0.314 e. The first-order valence-corrected chi connectivity index (χ1v) is 5.43. The molecule has 0 aromatic heterocycles. The van der Waals surface area contributed by atoms with Crippen molar-refractivity contribution in [1.29, 1.82) is 0 Å². The fraction of sp³-hybridized carbons (Fsp3) is 0.500. The average molecular weight is 227 g/mol. The van der Waals surface area contributed by atoms with Crippen molar-refractivity contribution in [3.8, 4) is 0 Å². The van der Waals surface area contributed by atoms with Crippen LogP contribution in [-0.4, -0.2) is 19.6 Å². The van der Waals surface area contributed by atoms with Crippen molar-refractivity contribution in [3.05, 3.63) is 35.4 Å². The lowest BCUT2D eigenvalue weighted by atomic mass is 10.0. The molecule has 1 aromatic carbocycles. The number of benzene rings is 1. The zero-order valence-electron chi connectivity index (χ0n) is 9.12. The van der Waals surface area contributed by atoms with Gasteiger partial charge in [-0.3, -0.25) is 0 Å². The number of aryl methyl sites for hydroxylation is 1. The molecule has 0 saturated carbocycles. The van der Waals surface area contributed by atoms with Crippen molar-refractivity contribution in [2.24, 2.45) is 0 Å². The van der Waals surface area contributed by atoms with Gasteiger partial charge >= 0.3 is 0 Å². The van der Waals surface area contributed by atoms with Crippen molar-refractivity contribution in [2.45, 2.75) is 19.4 Å². The molecule has 15 heavy (non-hydrogen) atoms.